The number of anilines is 1. The Balaban J connectivity index is 2.45. The van der Waals surface area contributed by atoms with Gasteiger partial charge in [0.2, 0.25) is 0 Å². The first-order valence-electron chi connectivity index (χ1n) is 6.09. The maximum absolute atomic E-state index is 12.0. The Labute approximate surface area is 122 Å². The second kappa shape index (κ2) is 5.81. The molecule has 0 amide bonds. The van der Waals surface area contributed by atoms with Gasteiger partial charge in [-0.3, -0.25) is 0 Å². The molecule has 0 radical (unpaired) electrons. The Bertz CT molecular complexity index is 695. The van der Waals surface area contributed by atoms with Gasteiger partial charge in [0.05, 0.1) is 0 Å². The third-order valence-electron chi connectivity index (χ3n) is 3.13. The van der Waals surface area contributed by atoms with Crippen molar-refractivity contribution in [3.05, 3.63) is 40.3 Å². The number of ether oxygens (including phenoxy) is 1. The van der Waals surface area contributed by atoms with Crippen LogP contribution in [0, 0.1) is 26.2 Å². The number of aryl methyl sites for hydroxylation is 2. The predicted octanol–water partition coefficient (Wildman–Crippen LogP) is 3.40. The van der Waals surface area contributed by atoms with Crippen molar-refractivity contribution >= 4 is 22.3 Å². The highest BCUT2D eigenvalue weighted by Gasteiger charge is 2.20. The maximum atomic E-state index is 12.0. The van der Waals surface area contributed by atoms with Crippen molar-refractivity contribution in [3.63, 3.8) is 0 Å². The Morgan fingerprint density at radius 2 is 2.15 bits per heavy atom. The third-order valence-corrected chi connectivity index (χ3v) is 3.94. The normalized spacial score (nSPS) is 10.1. The van der Waals surface area contributed by atoms with Gasteiger partial charge in [-0.05, 0) is 30.5 Å². The first kappa shape index (κ1) is 14.2. The minimum atomic E-state index is -0.477. The molecule has 0 aliphatic rings. The lowest BCUT2D eigenvalue weighted by atomic mass is 9.99. The van der Waals surface area contributed by atoms with E-state index in [4.69, 9.17) is 16.9 Å². The minimum absolute atomic E-state index is 0.0551. The summed E-state index contributed by atoms with van der Waals surface area (Å²) in [5.74, 6) is 1.80. The van der Waals surface area contributed by atoms with E-state index in [1.54, 1.807) is 0 Å². The van der Waals surface area contributed by atoms with E-state index in [-0.39, 0.29) is 6.61 Å². The van der Waals surface area contributed by atoms with Crippen LogP contribution in [0.25, 0.3) is 11.1 Å². The summed E-state index contributed by atoms with van der Waals surface area (Å²) in [7, 11) is 0. The number of nitrogens with two attached hydrogens (primary N) is 1. The van der Waals surface area contributed by atoms with Gasteiger partial charge in [0.1, 0.15) is 10.6 Å². The zero-order valence-corrected chi connectivity index (χ0v) is 12.2. The third kappa shape index (κ3) is 2.68. The van der Waals surface area contributed by atoms with E-state index in [0.29, 0.717) is 10.6 Å². The van der Waals surface area contributed by atoms with Crippen molar-refractivity contribution in [2.45, 2.75) is 13.8 Å². The van der Waals surface area contributed by atoms with E-state index in [1.165, 1.54) is 16.9 Å². The lowest BCUT2D eigenvalue weighted by molar-refractivity contribution is 0.0559. The van der Waals surface area contributed by atoms with Crippen LogP contribution in [0.15, 0.2) is 23.6 Å². The predicted molar refractivity (Wildman–Crippen MR) is 82.8 cm³/mol. The molecule has 3 nitrogen and oxygen atoms in total. The van der Waals surface area contributed by atoms with E-state index in [2.05, 4.69) is 5.92 Å². The van der Waals surface area contributed by atoms with Crippen LogP contribution in [0.3, 0.4) is 0 Å². The summed E-state index contributed by atoms with van der Waals surface area (Å²) in [6.45, 7) is 4.02. The highest BCUT2D eigenvalue weighted by Crippen LogP contribution is 2.34. The van der Waals surface area contributed by atoms with Gasteiger partial charge in [0.25, 0.3) is 0 Å². The average molecular weight is 285 g/mol. The van der Waals surface area contributed by atoms with Gasteiger partial charge in [0.15, 0.2) is 6.61 Å². The Morgan fingerprint density at radius 1 is 1.40 bits per heavy atom. The zero-order valence-electron chi connectivity index (χ0n) is 11.4. The fourth-order valence-electron chi connectivity index (χ4n) is 1.88. The molecule has 2 rings (SSSR count). The van der Waals surface area contributed by atoms with E-state index in [9.17, 15) is 4.79 Å². The van der Waals surface area contributed by atoms with Crippen molar-refractivity contribution in [2.24, 2.45) is 0 Å². The second-order valence-corrected chi connectivity index (χ2v) is 5.38. The standard InChI is InChI=1S/C16H15NO2S/c1-4-7-19-16(18)14-13(9-20-15(14)17)12-6-5-10(2)11(3)8-12/h1,5-6,8-9H,7,17H2,2-3H3. The number of terminal acetylenes is 1. The molecule has 1 aromatic heterocycles. The quantitative estimate of drug-likeness (QED) is 0.694. The summed E-state index contributed by atoms with van der Waals surface area (Å²) in [5.41, 5.74) is 10.4. The minimum Gasteiger partial charge on any atom is -0.449 e. The van der Waals surface area contributed by atoms with Gasteiger partial charge in [-0.25, -0.2) is 4.79 Å². The summed E-state index contributed by atoms with van der Waals surface area (Å²) >= 11 is 1.32. The molecule has 0 unspecified atom stereocenters. The molecule has 0 aliphatic heterocycles. The van der Waals surface area contributed by atoms with Crippen LogP contribution in [-0.2, 0) is 4.74 Å². The van der Waals surface area contributed by atoms with Crippen molar-refractivity contribution in [1.29, 1.82) is 0 Å². The zero-order chi connectivity index (χ0) is 14.7. The van der Waals surface area contributed by atoms with E-state index in [0.717, 1.165) is 16.7 Å². The number of carbonyl (C=O) groups is 1. The molecule has 0 fully saturated rings. The number of nitrogen functional groups attached to an aromatic ring is 1. The average Bonchev–Trinajstić information content (AvgIpc) is 2.81. The van der Waals surface area contributed by atoms with Gasteiger partial charge in [-0.15, -0.1) is 17.8 Å². The first-order chi connectivity index (χ1) is 9.54. The van der Waals surface area contributed by atoms with Gasteiger partial charge in [-0.1, -0.05) is 24.1 Å². The summed E-state index contributed by atoms with van der Waals surface area (Å²) in [4.78, 5) is 12.0. The Hall–Kier alpha value is -2.25. The molecule has 2 aromatic rings. The molecule has 0 saturated carbocycles. The highest BCUT2D eigenvalue weighted by atomic mass is 32.1. The molecule has 102 valence electrons. The number of carbonyl (C=O) groups excluding carboxylic acids is 1. The van der Waals surface area contributed by atoms with Crippen molar-refractivity contribution in [2.75, 3.05) is 12.3 Å². The topological polar surface area (TPSA) is 52.3 Å². The van der Waals surface area contributed by atoms with Crippen LogP contribution in [-0.4, -0.2) is 12.6 Å². The van der Waals surface area contributed by atoms with Gasteiger partial charge in [-0.2, -0.15) is 0 Å². The van der Waals surface area contributed by atoms with Crippen LogP contribution < -0.4 is 5.73 Å². The number of hydrogen-bond acceptors (Lipinski definition) is 4. The van der Waals surface area contributed by atoms with E-state index >= 15 is 0 Å². The summed E-state index contributed by atoms with van der Waals surface area (Å²) in [6.07, 6.45) is 5.10. The van der Waals surface area contributed by atoms with Gasteiger partial charge < -0.3 is 10.5 Å². The Morgan fingerprint density at radius 3 is 2.80 bits per heavy atom. The molecule has 20 heavy (non-hydrogen) atoms. The van der Waals surface area contributed by atoms with Crippen LogP contribution >= 0.6 is 11.3 Å². The van der Waals surface area contributed by atoms with E-state index in [1.807, 2.05) is 37.4 Å². The first-order valence-corrected chi connectivity index (χ1v) is 6.97. The van der Waals surface area contributed by atoms with Crippen molar-refractivity contribution in [3.8, 4) is 23.5 Å². The molecule has 2 N–H and O–H groups in total. The Kier molecular flexibility index (Phi) is 4.11. The fourth-order valence-corrected chi connectivity index (χ4v) is 2.69. The molecule has 0 bridgehead atoms. The van der Waals surface area contributed by atoms with E-state index < -0.39 is 5.97 Å². The second-order valence-electron chi connectivity index (χ2n) is 4.47. The molecule has 1 heterocycles. The number of benzene rings is 1. The number of rotatable bonds is 3. The highest BCUT2D eigenvalue weighted by molar-refractivity contribution is 7.14. The number of hydrogen-bond donors (Lipinski definition) is 1. The largest absolute Gasteiger partial charge is 0.449 e. The molecule has 0 atom stereocenters. The van der Waals surface area contributed by atoms with Crippen LogP contribution in [0.1, 0.15) is 21.5 Å². The van der Waals surface area contributed by atoms with Crippen LogP contribution in [0.5, 0.6) is 0 Å². The summed E-state index contributed by atoms with van der Waals surface area (Å²) < 4.78 is 4.98. The fraction of sp³-hybridized carbons (Fsp3) is 0.188. The lowest BCUT2D eigenvalue weighted by Gasteiger charge is -2.07. The monoisotopic (exact) mass is 285 g/mol. The van der Waals surface area contributed by atoms with Crippen molar-refractivity contribution < 1.29 is 9.53 Å². The van der Waals surface area contributed by atoms with Crippen LogP contribution in [0.2, 0.25) is 0 Å². The SMILES string of the molecule is C#CCOC(=O)c1c(-c2ccc(C)c(C)c2)csc1N. The molecule has 0 aliphatic carbocycles. The number of esters is 1. The van der Waals surface area contributed by atoms with Crippen LogP contribution in [0.4, 0.5) is 5.00 Å². The smallest absolute Gasteiger partial charge is 0.342 e. The maximum Gasteiger partial charge on any atom is 0.342 e. The molecule has 4 heteroatoms. The molecular weight excluding hydrogens is 270 g/mol. The van der Waals surface area contributed by atoms with Gasteiger partial charge >= 0.3 is 5.97 Å². The lowest BCUT2D eigenvalue weighted by Crippen LogP contribution is -2.07. The molecule has 0 saturated heterocycles. The summed E-state index contributed by atoms with van der Waals surface area (Å²) in [5, 5.41) is 2.31. The molecule has 0 spiro atoms. The van der Waals surface area contributed by atoms with Crippen molar-refractivity contribution in [1.82, 2.24) is 0 Å². The number of thiophene rings is 1. The van der Waals surface area contributed by atoms with Gasteiger partial charge in [0, 0.05) is 10.9 Å². The molecular formula is C16H15NO2S. The molecule has 1 aromatic carbocycles. The summed E-state index contributed by atoms with van der Waals surface area (Å²) in [6, 6.07) is 6.03.